The highest BCUT2D eigenvalue weighted by Crippen LogP contribution is 2.33. The minimum Gasteiger partial charge on any atom is -0.481 e. The molecule has 0 saturated heterocycles. The van der Waals surface area contributed by atoms with Gasteiger partial charge in [-0.05, 0) is 36.3 Å². The van der Waals surface area contributed by atoms with Crippen molar-refractivity contribution in [2.45, 2.75) is 19.5 Å². The molecule has 1 aromatic heterocycles. The number of carbonyl (C=O) groups is 1. The molecule has 1 heterocycles. The van der Waals surface area contributed by atoms with Crippen LogP contribution in [-0.4, -0.2) is 22.7 Å². The molecule has 3 rings (SSSR count). The summed E-state index contributed by atoms with van der Waals surface area (Å²) in [4.78, 5) is 15.6. The molecule has 4 nitrogen and oxygen atoms in total. The number of carboxylic acids is 1. The highest BCUT2D eigenvalue weighted by molar-refractivity contribution is 7.19. The molecule has 3 aromatic rings. The Morgan fingerprint density at radius 3 is 2.62 bits per heavy atom. The number of benzene rings is 2. The molecular weight excluding hydrogens is 360 g/mol. The van der Waals surface area contributed by atoms with E-state index in [0.717, 1.165) is 10.2 Å². The molecule has 0 saturated carbocycles. The minimum absolute atomic E-state index is 0.0384. The number of allylic oxidation sites excluding steroid dienone is 1. The summed E-state index contributed by atoms with van der Waals surface area (Å²) in [7, 11) is 0. The number of para-hydroxylation sites is 2. The van der Waals surface area contributed by atoms with Gasteiger partial charge < -0.3 is 9.84 Å². The molecule has 1 N–H and O–H groups in total. The lowest BCUT2D eigenvalue weighted by atomic mass is 10.1. The van der Waals surface area contributed by atoms with Crippen molar-refractivity contribution >= 4 is 39.2 Å². The molecule has 0 spiro atoms. The van der Waals surface area contributed by atoms with E-state index >= 15 is 0 Å². The number of aliphatic carboxylic acids is 1. The monoisotopic (exact) mass is 375 g/mol. The number of nitrogens with zero attached hydrogens (tertiary/aromatic N) is 1. The number of halogens is 2. The molecule has 26 heavy (non-hydrogen) atoms. The van der Waals surface area contributed by atoms with E-state index in [1.165, 1.54) is 17.4 Å². The Labute approximate surface area is 152 Å². The predicted molar refractivity (Wildman–Crippen MR) is 97.4 cm³/mol. The summed E-state index contributed by atoms with van der Waals surface area (Å²) in [5.74, 6) is -0.898. The quantitative estimate of drug-likeness (QED) is 0.608. The molecule has 0 aliphatic heterocycles. The maximum absolute atomic E-state index is 12.6. The highest BCUT2D eigenvalue weighted by atomic mass is 32.1. The van der Waals surface area contributed by atoms with Crippen LogP contribution in [0.25, 0.3) is 21.9 Å². The maximum Gasteiger partial charge on any atom is 0.387 e. The lowest BCUT2D eigenvalue weighted by molar-refractivity contribution is -0.136. The number of hydrogen-bond acceptors (Lipinski definition) is 4. The first-order valence-electron chi connectivity index (χ1n) is 7.85. The van der Waals surface area contributed by atoms with E-state index in [1.54, 1.807) is 24.3 Å². The van der Waals surface area contributed by atoms with Crippen LogP contribution in [0.15, 0.2) is 48.5 Å². The first-order valence-corrected chi connectivity index (χ1v) is 8.67. The van der Waals surface area contributed by atoms with Gasteiger partial charge in [-0.3, -0.25) is 4.79 Å². The fourth-order valence-electron chi connectivity index (χ4n) is 2.48. The number of thiazole rings is 1. The van der Waals surface area contributed by atoms with Gasteiger partial charge in [0, 0.05) is 12.0 Å². The lowest BCUT2D eigenvalue weighted by Crippen LogP contribution is -2.03. The number of aromatic nitrogens is 1. The second-order valence-corrected chi connectivity index (χ2v) is 6.50. The average molecular weight is 375 g/mol. The molecule has 0 amide bonds. The Morgan fingerprint density at radius 1 is 1.15 bits per heavy atom. The van der Waals surface area contributed by atoms with Crippen molar-refractivity contribution in [3.05, 3.63) is 59.1 Å². The highest BCUT2D eigenvalue weighted by Gasteiger charge is 2.13. The zero-order valence-electron chi connectivity index (χ0n) is 13.6. The summed E-state index contributed by atoms with van der Waals surface area (Å²) in [5, 5.41) is 9.69. The van der Waals surface area contributed by atoms with Crippen molar-refractivity contribution in [2.75, 3.05) is 0 Å². The van der Waals surface area contributed by atoms with Crippen molar-refractivity contribution in [3.63, 3.8) is 0 Å². The summed E-state index contributed by atoms with van der Waals surface area (Å²) in [5.41, 5.74) is 1.93. The van der Waals surface area contributed by atoms with Crippen molar-refractivity contribution in [1.82, 2.24) is 4.98 Å². The predicted octanol–water partition coefficient (Wildman–Crippen LogP) is 5.30. The van der Waals surface area contributed by atoms with Crippen molar-refractivity contribution < 1.29 is 23.4 Å². The largest absolute Gasteiger partial charge is 0.481 e. The van der Waals surface area contributed by atoms with Gasteiger partial charge in [0.05, 0.1) is 10.2 Å². The molecule has 0 aliphatic carbocycles. The maximum atomic E-state index is 12.6. The molecule has 2 aromatic carbocycles. The van der Waals surface area contributed by atoms with E-state index in [4.69, 9.17) is 5.11 Å². The Balaban J connectivity index is 2.03. The van der Waals surface area contributed by atoms with Gasteiger partial charge in [0.1, 0.15) is 10.8 Å². The zero-order valence-corrected chi connectivity index (χ0v) is 14.4. The molecule has 0 fully saturated rings. The molecule has 0 radical (unpaired) electrons. The average Bonchev–Trinajstić information content (AvgIpc) is 3.03. The molecule has 0 bridgehead atoms. The Hall–Kier alpha value is -2.80. The van der Waals surface area contributed by atoms with Crippen LogP contribution in [0.2, 0.25) is 0 Å². The number of hydrogen-bond donors (Lipinski definition) is 1. The van der Waals surface area contributed by atoms with Crippen LogP contribution in [0.1, 0.15) is 23.4 Å². The van der Waals surface area contributed by atoms with Gasteiger partial charge in [-0.15, -0.1) is 11.3 Å². The van der Waals surface area contributed by atoms with E-state index in [0.29, 0.717) is 16.1 Å². The van der Waals surface area contributed by atoms with Gasteiger partial charge in [0.2, 0.25) is 0 Å². The second-order valence-electron chi connectivity index (χ2n) is 5.47. The van der Waals surface area contributed by atoms with Crippen LogP contribution in [0.3, 0.4) is 0 Å². The molecule has 134 valence electrons. The SMILES string of the molecule is O=C(O)CC/C(=C\c1ccccc1OC(F)F)c1nc2ccccc2s1. The number of fused-ring (bicyclic) bond motifs is 1. The minimum atomic E-state index is -2.94. The Morgan fingerprint density at radius 2 is 1.88 bits per heavy atom. The smallest absolute Gasteiger partial charge is 0.387 e. The van der Waals surface area contributed by atoms with E-state index in [9.17, 15) is 13.6 Å². The molecule has 0 atom stereocenters. The van der Waals surface area contributed by atoms with Crippen LogP contribution >= 0.6 is 11.3 Å². The van der Waals surface area contributed by atoms with Crippen molar-refractivity contribution in [3.8, 4) is 5.75 Å². The molecule has 0 aliphatic rings. The first-order chi connectivity index (χ1) is 12.5. The molecule has 0 unspecified atom stereocenters. The second kappa shape index (κ2) is 8.05. The van der Waals surface area contributed by atoms with E-state index in [2.05, 4.69) is 9.72 Å². The third-order valence-electron chi connectivity index (χ3n) is 3.64. The summed E-state index contributed by atoms with van der Waals surface area (Å²) in [6.45, 7) is -2.94. The van der Waals surface area contributed by atoms with E-state index in [1.807, 2.05) is 24.3 Å². The fourth-order valence-corrected chi connectivity index (χ4v) is 3.49. The van der Waals surface area contributed by atoms with Crippen molar-refractivity contribution in [1.29, 1.82) is 0 Å². The topological polar surface area (TPSA) is 59.4 Å². The molecular formula is C19H15F2NO3S. The Bertz CT molecular complexity index is 920. The molecule has 7 heteroatoms. The van der Waals surface area contributed by atoms with Gasteiger partial charge in [0.15, 0.2) is 0 Å². The Kier molecular flexibility index (Phi) is 5.58. The van der Waals surface area contributed by atoms with Crippen LogP contribution in [0.4, 0.5) is 8.78 Å². The number of carboxylic acid groups (broad SMARTS) is 1. The van der Waals surface area contributed by atoms with Gasteiger partial charge in [-0.2, -0.15) is 8.78 Å². The first kappa shape index (κ1) is 18.0. The summed E-state index contributed by atoms with van der Waals surface area (Å²) >= 11 is 1.43. The van der Waals surface area contributed by atoms with Crippen molar-refractivity contribution in [2.24, 2.45) is 0 Å². The van der Waals surface area contributed by atoms with E-state index in [-0.39, 0.29) is 18.6 Å². The van der Waals surface area contributed by atoms with Crippen LogP contribution in [-0.2, 0) is 4.79 Å². The number of ether oxygens (including phenoxy) is 1. The third kappa shape index (κ3) is 4.43. The lowest BCUT2D eigenvalue weighted by Gasteiger charge is -2.09. The summed E-state index contributed by atoms with van der Waals surface area (Å²) in [6.07, 6.45) is 1.82. The van der Waals surface area contributed by atoms with E-state index < -0.39 is 12.6 Å². The summed E-state index contributed by atoms with van der Waals surface area (Å²) < 4.78 is 30.8. The van der Waals surface area contributed by atoms with Crippen LogP contribution < -0.4 is 4.74 Å². The number of rotatable bonds is 7. The fraction of sp³-hybridized carbons (Fsp3) is 0.158. The number of alkyl halides is 2. The van der Waals surface area contributed by atoms with Gasteiger partial charge >= 0.3 is 12.6 Å². The van der Waals surface area contributed by atoms with Crippen LogP contribution in [0.5, 0.6) is 5.75 Å². The van der Waals surface area contributed by atoms with Gasteiger partial charge in [0.25, 0.3) is 0 Å². The van der Waals surface area contributed by atoms with Gasteiger partial charge in [-0.1, -0.05) is 30.3 Å². The van der Waals surface area contributed by atoms with Gasteiger partial charge in [-0.25, -0.2) is 4.98 Å². The zero-order chi connectivity index (χ0) is 18.5. The normalized spacial score (nSPS) is 11.9. The van der Waals surface area contributed by atoms with Crippen LogP contribution in [0, 0.1) is 0 Å². The third-order valence-corrected chi connectivity index (χ3v) is 4.75. The summed E-state index contributed by atoms with van der Waals surface area (Å²) in [6, 6.07) is 14.0. The standard InChI is InChI=1S/C19H15F2NO3S/c20-19(21)25-15-7-3-1-5-12(15)11-13(9-10-17(23)24)18-22-14-6-2-4-8-16(14)26-18/h1-8,11,19H,9-10H2,(H,23,24)/b13-11+.